The van der Waals surface area contributed by atoms with Crippen LogP contribution < -0.4 is 5.73 Å². The van der Waals surface area contributed by atoms with Crippen molar-refractivity contribution in [2.45, 2.75) is 39.8 Å². The maximum atomic E-state index is 12.0. The number of aryl methyl sites for hydroxylation is 1. The molecule has 1 aromatic carbocycles. The zero-order valence-electron chi connectivity index (χ0n) is 12.2. The van der Waals surface area contributed by atoms with Crippen molar-refractivity contribution in [3.05, 3.63) is 35.4 Å². The minimum absolute atomic E-state index is 0. The smallest absolute Gasteiger partial charge is 0.239 e. The van der Waals surface area contributed by atoms with Crippen LogP contribution in [0.25, 0.3) is 0 Å². The molecule has 0 bridgehead atoms. The lowest BCUT2D eigenvalue weighted by Crippen LogP contribution is -2.44. The molecule has 0 heterocycles. The Hall–Kier alpha value is -1.06. The molecule has 0 saturated heterocycles. The highest BCUT2D eigenvalue weighted by atomic mass is 35.5. The zero-order valence-corrected chi connectivity index (χ0v) is 13.0. The van der Waals surface area contributed by atoms with E-state index in [1.807, 2.05) is 13.8 Å². The Kier molecular flexibility index (Phi) is 7.72. The van der Waals surface area contributed by atoms with Crippen molar-refractivity contribution in [2.24, 2.45) is 11.7 Å². The summed E-state index contributed by atoms with van der Waals surface area (Å²) in [5.41, 5.74) is 8.32. The molecule has 0 radical (unpaired) electrons. The first-order chi connectivity index (χ1) is 8.45. The van der Waals surface area contributed by atoms with E-state index in [1.165, 1.54) is 5.56 Å². The largest absolute Gasteiger partial charge is 0.340 e. The molecule has 0 aliphatic heterocycles. The highest BCUT2D eigenvalue weighted by Gasteiger charge is 2.20. The Morgan fingerprint density at radius 2 is 1.68 bits per heavy atom. The molecule has 1 atom stereocenters. The minimum atomic E-state index is -0.412. The molecular weight excluding hydrogens is 260 g/mol. The van der Waals surface area contributed by atoms with Crippen LogP contribution in [0.2, 0.25) is 0 Å². The summed E-state index contributed by atoms with van der Waals surface area (Å²) in [7, 11) is 1.80. The molecule has 1 rings (SSSR count). The third-order valence-corrected chi connectivity index (χ3v) is 3.23. The van der Waals surface area contributed by atoms with Crippen LogP contribution in [-0.2, 0) is 17.8 Å². The predicted octanol–water partition coefficient (Wildman–Crippen LogP) is 2.61. The first-order valence-corrected chi connectivity index (χ1v) is 6.54. The van der Waals surface area contributed by atoms with E-state index in [-0.39, 0.29) is 24.2 Å². The lowest BCUT2D eigenvalue weighted by molar-refractivity contribution is -0.132. The second-order valence-electron chi connectivity index (χ2n) is 5.13. The fraction of sp³-hybridized carbons (Fsp3) is 0.533. The van der Waals surface area contributed by atoms with Gasteiger partial charge in [0, 0.05) is 13.6 Å². The van der Waals surface area contributed by atoms with Crippen molar-refractivity contribution in [3.8, 4) is 0 Å². The van der Waals surface area contributed by atoms with Crippen LogP contribution >= 0.6 is 12.4 Å². The van der Waals surface area contributed by atoms with Gasteiger partial charge in [-0.05, 0) is 23.5 Å². The first kappa shape index (κ1) is 17.9. The van der Waals surface area contributed by atoms with Gasteiger partial charge in [0.25, 0.3) is 0 Å². The summed E-state index contributed by atoms with van der Waals surface area (Å²) >= 11 is 0. The van der Waals surface area contributed by atoms with Gasteiger partial charge >= 0.3 is 0 Å². The number of nitrogens with two attached hydrogens (primary N) is 1. The molecule has 0 saturated carbocycles. The number of benzene rings is 1. The number of hydrogen-bond acceptors (Lipinski definition) is 2. The molecule has 0 spiro atoms. The van der Waals surface area contributed by atoms with Gasteiger partial charge in [-0.3, -0.25) is 4.79 Å². The summed E-state index contributed by atoms with van der Waals surface area (Å²) in [5.74, 6) is 0.173. The lowest BCUT2D eigenvalue weighted by Gasteiger charge is -2.23. The molecule has 4 heteroatoms. The molecule has 0 unspecified atom stereocenters. The van der Waals surface area contributed by atoms with Gasteiger partial charge in [0.15, 0.2) is 0 Å². The monoisotopic (exact) mass is 284 g/mol. The highest BCUT2D eigenvalue weighted by molar-refractivity contribution is 5.85. The molecule has 0 aliphatic rings. The van der Waals surface area contributed by atoms with Gasteiger partial charge in [0.05, 0.1) is 6.04 Å². The van der Waals surface area contributed by atoms with Gasteiger partial charge in [0.2, 0.25) is 5.91 Å². The number of nitrogens with zero attached hydrogens (tertiary/aromatic N) is 1. The number of hydrogen-bond donors (Lipinski definition) is 1. The molecule has 0 fully saturated rings. The number of carbonyl (C=O) groups is 1. The molecule has 1 amide bonds. The first-order valence-electron chi connectivity index (χ1n) is 6.54. The van der Waals surface area contributed by atoms with E-state index in [9.17, 15) is 4.79 Å². The Labute approximate surface area is 122 Å². The second-order valence-corrected chi connectivity index (χ2v) is 5.13. The van der Waals surface area contributed by atoms with Crippen molar-refractivity contribution in [1.82, 2.24) is 4.90 Å². The summed E-state index contributed by atoms with van der Waals surface area (Å²) < 4.78 is 0. The van der Waals surface area contributed by atoms with Crippen LogP contribution in [0.1, 0.15) is 31.9 Å². The average Bonchev–Trinajstić information content (AvgIpc) is 2.37. The SMILES string of the molecule is CCc1ccc(CN(C)C(=O)[C@H](N)C(C)C)cc1.Cl. The van der Waals surface area contributed by atoms with Crippen LogP contribution in [0.3, 0.4) is 0 Å². The molecule has 0 aliphatic carbocycles. The van der Waals surface area contributed by atoms with E-state index in [2.05, 4.69) is 31.2 Å². The summed E-state index contributed by atoms with van der Waals surface area (Å²) in [4.78, 5) is 13.7. The van der Waals surface area contributed by atoms with Gasteiger partial charge in [-0.25, -0.2) is 0 Å². The average molecular weight is 285 g/mol. The van der Waals surface area contributed by atoms with Crippen LogP contribution in [0.5, 0.6) is 0 Å². The fourth-order valence-corrected chi connectivity index (χ4v) is 1.77. The van der Waals surface area contributed by atoms with Crippen molar-refractivity contribution < 1.29 is 4.79 Å². The lowest BCUT2D eigenvalue weighted by atomic mass is 10.0. The molecular formula is C15H25ClN2O. The maximum Gasteiger partial charge on any atom is 0.239 e. The Bertz CT molecular complexity index is 390. The number of likely N-dealkylation sites (N-methyl/N-ethyl adjacent to an activating group) is 1. The molecule has 19 heavy (non-hydrogen) atoms. The van der Waals surface area contributed by atoms with E-state index < -0.39 is 6.04 Å². The predicted molar refractivity (Wildman–Crippen MR) is 82.4 cm³/mol. The fourth-order valence-electron chi connectivity index (χ4n) is 1.77. The van der Waals surface area contributed by atoms with Gasteiger partial charge in [-0.1, -0.05) is 45.0 Å². The second kappa shape index (κ2) is 8.18. The molecule has 2 N–H and O–H groups in total. The van der Waals surface area contributed by atoms with Gasteiger partial charge in [0.1, 0.15) is 0 Å². The van der Waals surface area contributed by atoms with Crippen LogP contribution in [0, 0.1) is 5.92 Å². The third kappa shape index (κ3) is 5.21. The Morgan fingerprint density at radius 1 is 1.21 bits per heavy atom. The number of amides is 1. The zero-order chi connectivity index (χ0) is 13.7. The van der Waals surface area contributed by atoms with Gasteiger partial charge in [-0.2, -0.15) is 0 Å². The van der Waals surface area contributed by atoms with E-state index >= 15 is 0 Å². The molecule has 0 aromatic heterocycles. The van der Waals surface area contributed by atoms with Crippen LogP contribution in [0.4, 0.5) is 0 Å². The van der Waals surface area contributed by atoms with Crippen LogP contribution in [0.15, 0.2) is 24.3 Å². The Balaban J connectivity index is 0.00000324. The Morgan fingerprint density at radius 3 is 2.11 bits per heavy atom. The molecule has 108 valence electrons. The summed E-state index contributed by atoms with van der Waals surface area (Å²) in [5, 5.41) is 0. The summed E-state index contributed by atoms with van der Waals surface area (Å²) in [6, 6.07) is 7.95. The quantitative estimate of drug-likeness (QED) is 0.903. The van der Waals surface area contributed by atoms with Crippen molar-refractivity contribution >= 4 is 18.3 Å². The van der Waals surface area contributed by atoms with Crippen LogP contribution in [-0.4, -0.2) is 23.9 Å². The summed E-state index contributed by atoms with van der Waals surface area (Å²) in [6.07, 6.45) is 1.03. The van der Waals surface area contributed by atoms with E-state index in [0.717, 1.165) is 12.0 Å². The summed E-state index contributed by atoms with van der Waals surface area (Å²) in [6.45, 7) is 6.68. The van der Waals surface area contributed by atoms with E-state index in [1.54, 1.807) is 11.9 Å². The maximum absolute atomic E-state index is 12.0. The minimum Gasteiger partial charge on any atom is -0.340 e. The van der Waals surface area contributed by atoms with Crippen molar-refractivity contribution in [3.63, 3.8) is 0 Å². The number of rotatable bonds is 5. The standard InChI is InChI=1S/C15H24N2O.ClH/c1-5-12-6-8-13(9-7-12)10-17(4)15(18)14(16)11(2)3;/h6-9,11,14H,5,10,16H2,1-4H3;1H/t14-;/m1./s1. The van der Waals surface area contributed by atoms with Gasteiger partial charge < -0.3 is 10.6 Å². The van der Waals surface area contributed by atoms with E-state index in [0.29, 0.717) is 6.54 Å². The molecule has 3 nitrogen and oxygen atoms in total. The van der Waals surface area contributed by atoms with Gasteiger partial charge in [-0.15, -0.1) is 12.4 Å². The van der Waals surface area contributed by atoms with Crippen molar-refractivity contribution in [1.29, 1.82) is 0 Å². The number of halogens is 1. The van der Waals surface area contributed by atoms with E-state index in [4.69, 9.17) is 5.73 Å². The van der Waals surface area contributed by atoms with Crippen molar-refractivity contribution in [2.75, 3.05) is 7.05 Å². The third-order valence-electron chi connectivity index (χ3n) is 3.23. The molecule has 1 aromatic rings. The normalized spacial score (nSPS) is 11.9. The highest BCUT2D eigenvalue weighted by Crippen LogP contribution is 2.09. The number of carbonyl (C=O) groups excluding carboxylic acids is 1. The topological polar surface area (TPSA) is 46.3 Å².